The molecule has 0 nitrogen and oxygen atoms in total. The number of hydrogen-bond acceptors (Lipinski definition) is 0. The lowest BCUT2D eigenvalue weighted by Gasteiger charge is -2.09. The quantitative estimate of drug-likeness (QED) is 0.372. The summed E-state index contributed by atoms with van der Waals surface area (Å²) in [7, 11) is 0. The van der Waals surface area contributed by atoms with Crippen LogP contribution in [0.25, 0.3) is 33.4 Å². The van der Waals surface area contributed by atoms with Gasteiger partial charge >= 0.3 is 0 Å². The number of rotatable bonds is 3. The molecular weight excluding hydrogens is 319 g/mol. The summed E-state index contributed by atoms with van der Waals surface area (Å²) in [5.74, 6) is -0.214. The van der Waals surface area contributed by atoms with Gasteiger partial charge in [0.2, 0.25) is 0 Å². The average Bonchev–Trinajstić information content (AvgIpc) is 2.68. The van der Waals surface area contributed by atoms with Crippen molar-refractivity contribution >= 4 is 0 Å². The Bertz CT molecular complexity index is 976. The molecule has 4 aromatic rings. The van der Waals surface area contributed by atoms with Crippen molar-refractivity contribution in [2.24, 2.45) is 0 Å². The molecule has 0 heterocycles. The molecule has 0 amide bonds. The summed E-state index contributed by atoms with van der Waals surface area (Å²) in [5.41, 5.74) is 7.85. The van der Waals surface area contributed by atoms with Crippen molar-refractivity contribution in [2.75, 3.05) is 0 Å². The van der Waals surface area contributed by atoms with Gasteiger partial charge in [-0.25, -0.2) is 4.39 Å². The zero-order valence-corrected chi connectivity index (χ0v) is 14.6. The molecule has 0 aromatic heterocycles. The number of benzene rings is 4. The van der Waals surface area contributed by atoms with Crippen LogP contribution in [0.5, 0.6) is 0 Å². The Hall–Kier alpha value is -3.19. The molecule has 1 heteroatoms. The topological polar surface area (TPSA) is 0 Å². The molecule has 4 rings (SSSR count). The monoisotopic (exact) mass is 338 g/mol. The Balaban J connectivity index is 1.75. The van der Waals surface area contributed by atoms with Gasteiger partial charge in [-0.3, -0.25) is 0 Å². The van der Waals surface area contributed by atoms with Crippen LogP contribution in [0.1, 0.15) is 5.56 Å². The first-order valence-electron chi connectivity index (χ1n) is 8.72. The van der Waals surface area contributed by atoms with Crippen molar-refractivity contribution in [3.8, 4) is 33.4 Å². The van der Waals surface area contributed by atoms with Crippen molar-refractivity contribution in [1.82, 2.24) is 0 Å². The highest BCUT2D eigenvalue weighted by Crippen LogP contribution is 2.30. The van der Waals surface area contributed by atoms with Gasteiger partial charge in [0.05, 0.1) is 0 Å². The van der Waals surface area contributed by atoms with Gasteiger partial charge in [0, 0.05) is 0 Å². The smallest absolute Gasteiger partial charge is 0.123 e. The minimum Gasteiger partial charge on any atom is -0.207 e. The summed E-state index contributed by atoms with van der Waals surface area (Å²) in [5, 5.41) is 0. The van der Waals surface area contributed by atoms with Crippen molar-refractivity contribution in [3.63, 3.8) is 0 Å². The molecule has 0 unspecified atom stereocenters. The van der Waals surface area contributed by atoms with E-state index in [0.717, 1.165) is 22.3 Å². The maximum Gasteiger partial charge on any atom is 0.123 e. The van der Waals surface area contributed by atoms with E-state index in [2.05, 4.69) is 67.6 Å². The van der Waals surface area contributed by atoms with E-state index in [9.17, 15) is 4.39 Å². The van der Waals surface area contributed by atoms with E-state index >= 15 is 0 Å². The lowest BCUT2D eigenvalue weighted by molar-refractivity contribution is 0.628. The molecule has 0 N–H and O–H groups in total. The average molecular weight is 338 g/mol. The van der Waals surface area contributed by atoms with Crippen LogP contribution < -0.4 is 0 Å². The fourth-order valence-electron chi connectivity index (χ4n) is 3.25. The first kappa shape index (κ1) is 16.3. The van der Waals surface area contributed by atoms with Gasteiger partial charge in [0.1, 0.15) is 5.82 Å². The van der Waals surface area contributed by atoms with E-state index in [0.29, 0.717) is 0 Å². The Kier molecular flexibility index (Phi) is 4.37. The van der Waals surface area contributed by atoms with Crippen LogP contribution in [0.4, 0.5) is 4.39 Å². The minimum absolute atomic E-state index is 0.214. The summed E-state index contributed by atoms with van der Waals surface area (Å²) < 4.78 is 13.5. The molecule has 0 aliphatic heterocycles. The predicted molar refractivity (Wildman–Crippen MR) is 107 cm³/mol. The first-order chi connectivity index (χ1) is 12.7. The second-order valence-electron chi connectivity index (χ2n) is 6.54. The molecular formula is C25H19F. The lowest BCUT2D eigenvalue weighted by Crippen LogP contribution is -1.84. The van der Waals surface area contributed by atoms with Crippen LogP contribution in [0.2, 0.25) is 0 Å². The summed E-state index contributed by atoms with van der Waals surface area (Å²) in [6, 6.07) is 32.0. The molecule has 4 aromatic carbocycles. The van der Waals surface area contributed by atoms with E-state index in [-0.39, 0.29) is 5.82 Å². The van der Waals surface area contributed by atoms with Crippen LogP contribution in [0.15, 0.2) is 97.1 Å². The first-order valence-corrected chi connectivity index (χ1v) is 8.72. The molecule has 26 heavy (non-hydrogen) atoms. The van der Waals surface area contributed by atoms with Crippen LogP contribution >= 0.6 is 0 Å². The van der Waals surface area contributed by atoms with E-state index in [1.165, 1.54) is 22.8 Å². The SMILES string of the molecule is Cc1cccc(-c2cccc(-c3cccc(-c4cccc(F)c4)c3)c2)c1. The Morgan fingerprint density at radius 1 is 0.462 bits per heavy atom. The summed E-state index contributed by atoms with van der Waals surface area (Å²) in [4.78, 5) is 0. The molecule has 0 atom stereocenters. The Morgan fingerprint density at radius 2 is 0.846 bits per heavy atom. The molecule has 0 fully saturated rings. The summed E-state index contributed by atoms with van der Waals surface area (Å²) >= 11 is 0. The zero-order valence-electron chi connectivity index (χ0n) is 14.6. The summed E-state index contributed by atoms with van der Waals surface area (Å²) in [6.07, 6.45) is 0. The van der Waals surface area contributed by atoms with Gasteiger partial charge in [0.15, 0.2) is 0 Å². The molecule has 0 saturated heterocycles. The largest absolute Gasteiger partial charge is 0.207 e. The Morgan fingerprint density at radius 3 is 1.31 bits per heavy atom. The second-order valence-corrected chi connectivity index (χ2v) is 6.54. The van der Waals surface area contributed by atoms with Crippen LogP contribution in [0, 0.1) is 12.7 Å². The van der Waals surface area contributed by atoms with Crippen molar-refractivity contribution in [3.05, 3.63) is 108 Å². The molecule has 0 spiro atoms. The van der Waals surface area contributed by atoms with Gasteiger partial charge in [-0.1, -0.05) is 78.4 Å². The molecule has 0 aliphatic carbocycles. The lowest BCUT2D eigenvalue weighted by atomic mass is 9.96. The second kappa shape index (κ2) is 6.97. The normalized spacial score (nSPS) is 10.7. The minimum atomic E-state index is -0.214. The zero-order chi connectivity index (χ0) is 17.9. The Labute approximate surface area is 153 Å². The molecule has 0 aliphatic rings. The third kappa shape index (κ3) is 3.43. The van der Waals surface area contributed by atoms with E-state index < -0.39 is 0 Å². The van der Waals surface area contributed by atoms with Crippen molar-refractivity contribution in [1.29, 1.82) is 0 Å². The highest BCUT2D eigenvalue weighted by atomic mass is 19.1. The van der Waals surface area contributed by atoms with Gasteiger partial charge in [0.25, 0.3) is 0 Å². The van der Waals surface area contributed by atoms with Gasteiger partial charge in [-0.05, 0) is 64.6 Å². The van der Waals surface area contributed by atoms with E-state index in [1.54, 1.807) is 12.1 Å². The molecule has 126 valence electrons. The number of aryl methyl sites for hydroxylation is 1. The van der Waals surface area contributed by atoms with E-state index in [1.807, 2.05) is 18.2 Å². The highest BCUT2D eigenvalue weighted by Gasteiger charge is 2.05. The molecule has 0 radical (unpaired) electrons. The van der Waals surface area contributed by atoms with Crippen LogP contribution in [-0.4, -0.2) is 0 Å². The van der Waals surface area contributed by atoms with Crippen LogP contribution in [-0.2, 0) is 0 Å². The third-order valence-corrected chi connectivity index (χ3v) is 4.57. The van der Waals surface area contributed by atoms with Gasteiger partial charge in [-0.15, -0.1) is 0 Å². The molecule has 0 bridgehead atoms. The number of halogens is 1. The predicted octanol–water partition coefficient (Wildman–Crippen LogP) is 7.14. The van der Waals surface area contributed by atoms with Gasteiger partial charge < -0.3 is 0 Å². The van der Waals surface area contributed by atoms with E-state index in [4.69, 9.17) is 0 Å². The van der Waals surface area contributed by atoms with Crippen molar-refractivity contribution < 1.29 is 4.39 Å². The third-order valence-electron chi connectivity index (χ3n) is 4.57. The standard InChI is InChI=1S/C25H19F/c1-18-6-2-7-19(14-18)20-8-3-9-21(15-20)22-10-4-11-23(16-22)24-12-5-13-25(26)17-24/h2-17H,1H3. The fraction of sp³-hybridized carbons (Fsp3) is 0.0400. The molecule has 0 saturated carbocycles. The van der Waals surface area contributed by atoms with Crippen molar-refractivity contribution in [2.45, 2.75) is 6.92 Å². The van der Waals surface area contributed by atoms with Crippen LogP contribution in [0.3, 0.4) is 0 Å². The maximum atomic E-state index is 13.5. The fourth-order valence-corrected chi connectivity index (χ4v) is 3.25. The van der Waals surface area contributed by atoms with Gasteiger partial charge in [-0.2, -0.15) is 0 Å². The highest BCUT2D eigenvalue weighted by molar-refractivity contribution is 5.77. The maximum absolute atomic E-state index is 13.5. The summed E-state index contributed by atoms with van der Waals surface area (Å²) in [6.45, 7) is 2.11. The number of hydrogen-bond donors (Lipinski definition) is 0.